The van der Waals surface area contributed by atoms with Crippen LogP contribution in [0.2, 0.25) is 0 Å². The molecule has 4 nitrogen and oxygen atoms in total. The summed E-state index contributed by atoms with van der Waals surface area (Å²) in [7, 11) is 2.36. The van der Waals surface area contributed by atoms with Gasteiger partial charge in [0.2, 0.25) is 0 Å². The number of rotatable bonds is 2. The third-order valence-corrected chi connectivity index (χ3v) is 8.62. The van der Waals surface area contributed by atoms with Gasteiger partial charge in [-0.15, -0.1) is 0 Å². The number of likely N-dealkylation sites (tertiary alicyclic amines) is 1. The van der Waals surface area contributed by atoms with Crippen molar-refractivity contribution in [3.8, 4) is 0 Å². The lowest BCUT2D eigenvalue weighted by Gasteiger charge is -2.50. The molecule has 3 heterocycles. The van der Waals surface area contributed by atoms with Crippen LogP contribution in [0.3, 0.4) is 0 Å². The molecule has 148 valence electrons. The van der Waals surface area contributed by atoms with Crippen LogP contribution in [-0.2, 0) is 14.3 Å². The molecule has 0 amide bonds. The van der Waals surface area contributed by atoms with Gasteiger partial charge in [-0.05, 0) is 57.8 Å². The molecule has 7 atom stereocenters. The van der Waals surface area contributed by atoms with Gasteiger partial charge in [0.1, 0.15) is 17.6 Å². The van der Waals surface area contributed by atoms with Crippen LogP contribution in [0.25, 0.3) is 0 Å². The van der Waals surface area contributed by atoms with Gasteiger partial charge in [-0.1, -0.05) is 6.92 Å². The molecule has 0 aromatic carbocycles. The third-order valence-electron chi connectivity index (χ3n) is 8.62. The average molecular weight is 475 g/mol. The maximum Gasteiger partial charge on any atom is 0.315 e. The van der Waals surface area contributed by atoms with Crippen molar-refractivity contribution in [2.24, 2.45) is 23.7 Å². The second-order valence-corrected chi connectivity index (χ2v) is 10.3. The number of epoxide rings is 1. The molecule has 2 aliphatic carbocycles. The topological polar surface area (TPSA) is 38.8 Å². The van der Waals surface area contributed by atoms with Crippen LogP contribution in [-0.4, -0.2) is 54.4 Å². The molecular formula is C21H34INO3. The Labute approximate surface area is 175 Å². The van der Waals surface area contributed by atoms with E-state index in [4.69, 9.17) is 9.47 Å². The van der Waals surface area contributed by atoms with E-state index in [2.05, 4.69) is 20.9 Å². The standard InChI is InChI=1S/C21H34NO3.HI/c1-14-7-8-17-15(13-22(3)11-5-4-6-12-22)18(23)24-21(17)16(14)9-10-20(2)19(21)25-20;/h14-17,19H,4-13H2,1-3H3;1H/q+1;/p-1/t14-,15?,16?,17?,19-,20-,21-;/m1./s1. The number of esters is 1. The highest BCUT2D eigenvalue weighted by Gasteiger charge is 2.77. The maximum absolute atomic E-state index is 13.1. The van der Waals surface area contributed by atoms with Gasteiger partial charge in [0, 0.05) is 11.8 Å². The molecule has 1 spiro atoms. The van der Waals surface area contributed by atoms with Crippen LogP contribution in [0.15, 0.2) is 0 Å². The van der Waals surface area contributed by atoms with E-state index >= 15 is 0 Å². The van der Waals surface area contributed by atoms with Crippen LogP contribution in [0.1, 0.15) is 58.8 Å². The summed E-state index contributed by atoms with van der Waals surface area (Å²) in [6.45, 7) is 8.03. The zero-order valence-electron chi connectivity index (χ0n) is 16.5. The van der Waals surface area contributed by atoms with Crippen molar-refractivity contribution in [1.29, 1.82) is 0 Å². The Morgan fingerprint density at radius 3 is 2.58 bits per heavy atom. The zero-order chi connectivity index (χ0) is 17.4. The number of piperidine rings is 1. The number of quaternary nitrogens is 1. The molecule has 0 aromatic rings. The molecule has 26 heavy (non-hydrogen) atoms. The van der Waals surface area contributed by atoms with Crippen LogP contribution in [0.5, 0.6) is 0 Å². The maximum atomic E-state index is 13.1. The van der Waals surface area contributed by atoms with E-state index in [-0.39, 0.29) is 53.2 Å². The lowest BCUT2D eigenvalue weighted by Crippen LogP contribution is -3.00. The lowest BCUT2D eigenvalue weighted by molar-refractivity contribution is -0.916. The number of ether oxygens (including phenoxy) is 2. The van der Waals surface area contributed by atoms with Gasteiger partial charge < -0.3 is 37.9 Å². The molecule has 2 saturated carbocycles. The van der Waals surface area contributed by atoms with Crippen LogP contribution < -0.4 is 24.0 Å². The van der Waals surface area contributed by atoms with Crippen molar-refractivity contribution >= 4 is 5.97 Å². The van der Waals surface area contributed by atoms with Gasteiger partial charge in [-0.25, -0.2) is 0 Å². The van der Waals surface area contributed by atoms with Crippen molar-refractivity contribution in [1.82, 2.24) is 0 Å². The number of hydrogen-bond donors (Lipinski definition) is 0. The monoisotopic (exact) mass is 475 g/mol. The average Bonchev–Trinajstić information content (AvgIpc) is 3.20. The lowest BCUT2D eigenvalue weighted by atomic mass is 9.55. The van der Waals surface area contributed by atoms with E-state index in [9.17, 15) is 4.79 Å². The second kappa shape index (κ2) is 6.31. The van der Waals surface area contributed by atoms with Crippen molar-refractivity contribution in [3.05, 3.63) is 0 Å². The molecule has 5 heteroatoms. The smallest absolute Gasteiger partial charge is 0.315 e. The zero-order valence-corrected chi connectivity index (χ0v) is 18.7. The van der Waals surface area contributed by atoms with E-state index < -0.39 is 0 Å². The van der Waals surface area contributed by atoms with Crippen molar-refractivity contribution in [3.63, 3.8) is 0 Å². The molecule has 0 aromatic heterocycles. The minimum Gasteiger partial charge on any atom is -1.00 e. The fourth-order valence-corrected chi connectivity index (χ4v) is 7.19. The molecular weight excluding hydrogens is 441 g/mol. The Morgan fingerprint density at radius 2 is 1.85 bits per heavy atom. The SMILES string of the molecule is C[C@@H]1CCC2C(C[N+]3(C)CCCCC3)C(=O)O[C@]23C1CC[C@@]1(C)O[C@@H]31.[I-]. The van der Waals surface area contributed by atoms with E-state index in [1.807, 2.05) is 0 Å². The third kappa shape index (κ3) is 2.62. The number of halogens is 1. The van der Waals surface area contributed by atoms with Gasteiger partial charge in [-0.2, -0.15) is 0 Å². The Hall–Kier alpha value is 0.120. The summed E-state index contributed by atoms with van der Waals surface area (Å²) in [6, 6.07) is 0. The van der Waals surface area contributed by atoms with Gasteiger partial charge in [0.05, 0.1) is 32.3 Å². The number of carbonyl (C=O) groups excluding carboxylic acids is 1. The summed E-state index contributed by atoms with van der Waals surface area (Å²) >= 11 is 0. The molecule has 0 bridgehead atoms. The quantitative estimate of drug-likeness (QED) is 0.247. The molecule has 5 aliphatic rings. The molecule has 0 N–H and O–H groups in total. The van der Waals surface area contributed by atoms with Crippen LogP contribution in [0, 0.1) is 23.7 Å². The fourth-order valence-electron chi connectivity index (χ4n) is 7.19. The normalized spacial score (nSPS) is 51.3. The molecule has 3 saturated heterocycles. The fraction of sp³-hybridized carbons (Fsp3) is 0.952. The summed E-state index contributed by atoms with van der Waals surface area (Å²) in [5.74, 6) is 1.72. The highest BCUT2D eigenvalue weighted by molar-refractivity contribution is 5.77. The van der Waals surface area contributed by atoms with Gasteiger partial charge in [0.15, 0.2) is 0 Å². The minimum absolute atomic E-state index is 0. The number of nitrogens with zero attached hydrogens (tertiary/aromatic N) is 1. The van der Waals surface area contributed by atoms with Crippen molar-refractivity contribution in [2.45, 2.75) is 76.1 Å². The second-order valence-electron chi connectivity index (χ2n) is 10.3. The van der Waals surface area contributed by atoms with Gasteiger partial charge >= 0.3 is 5.97 Å². The highest BCUT2D eigenvalue weighted by Crippen LogP contribution is 2.66. The number of fused-ring (bicyclic) bond motifs is 1. The Kier molecular flexibility index (Phi) is 4.72. The molecule has 5 fully saturated rings. The van der Waals surface area contributed by atoms with Gasteiger partial charge in [-0.3, -0.25) is 4.79 Å². The van der Waals surface area contributed by atoms with Crippen LogP contribution in [0.4, 0.5) is 0 Å². The molecule has 5 rings (SSSR count). The molecule has 0 radical (unpaired) electrons. The van der Waals surface area contributed by atoms with Crippen molar-refractivity contribution < 1.29 is 42.7 Å². The van der Waals surface area contributed by atoms with E-state index in [0.717, 1.165) is 30.3 Å². The van der Waals surface area contributed by atoms with E-state index in [0.29, 0.717) is 17.8 Å². The Bertz CT molecular complexity index is 592. The predicted molar refractivity (Wildman–Crippen MR) is 94.8 cm³/mol. The summed E-state index contributed by atoms with van der Waals surface area (Å²) in [6.07, 6.45) is 8.81. The summed E-state index contributed by atoms with van der Waals surface area (Å²) in [5.41, 5.74) is -0.327. The summed E-state index contributed by atoms with van der Waals surface area (Å²) in [4.78, 5) is 13.1. The first-order chi connectivity index (χ1) is 11.9. The summed E-state index contributed by atoms with van der Waals surface area (Å²) in [5, 5.41) is 0. The number of carbonyl (C=O) groups is 1. The van der Waals surface area contributed by atoms with Gasteiger partial charge in [0.25, 0.3) is 0 Å². The Morgan fingerprint density at radius 1 is 1.12 bits per heavy atom. The van der Waals surface area contributed by atoms with E-state index in [1.165, 1.54) is 38.8 Å². The number of hydrogen-bond acceptors (Lipinski definition) is 3. The highest BCUT2D eigenvalue weighted by atomic mass is 127. The first kappa shape index (κ1) is 19.4. The summed E-state index contributed by atoms with van der Waals surface area (Å²) < 4.78 is 13.7. The minimum atomic E-state index is -0.304. The first-order valence-electron chi connectivity index (χ1n) is 10.6. The van der Waals surface area contributed by atoms with Crippen LogP contribution >= 0.6 is 0 Å². The molecule has 3 unspecified atom stereocenters. The van der Waals surface area contributed by atoms with Crippen molar-refractivity contribution in [2.75, 3.05) is 26.7 Å². The first-order valence-corrected chi connectivity index (χ1v) is 10.6. The molecule has 3 aliphatic heterocycles. The van der Waals surface area contributed by atoms with E-state index in [1.54, 1.807) is 0 Å². The largest absolute Gasteiger partial charge is 1.00 e. The Balaban J connectivity index is 0.00000168. The predicted octanol–water partition coefficient (Wildman–Crippen LogP) is 0.146.